The van der Waals surface area contributed by atoms with Crippen LogP contribution in [-0.2, 0) is 17.6 Å². The van der Waals surface area contributed by atoms with Crippen LogP contribution in [0.1, 0.15) is 43.6 Å². The molecule has 0 radical (unpaired) electrons. The second-order valence-electron chi connectivity index (χ2n) is 6.71. The van der Waals surface area contributed by atoms with Crippen molar-refractivity contribution in [3.05, 3.63) is 101 Å². The third-order valence-electron chi connectivity index (χ3n) is 4.81. The van der Waals surface area contributed by atoms with Crippen LogP contribution in [0.5, 0.6) is 0 Å². The van der Waals surface area contributed by atoms with Crippen molar-refractivity contribution in [2.45, 2.75) is 18.9 Å². The Balaban J connectivity index is 1.45. The Morgan fingerprint density at radius 2 is 1.89 bits per heavy atom. The minimum atomic E-state index is -0.350. The molecule has 1 aliphatic heterocycles. The molecule has 2 aromatic carbocycles. The largest absolute Gasteiger partial charge is 0.454 e. The Labute approximate surface area is 163 Å². The van der Waals surface area contributed by atoms with E-state index in [9.17, 15) is 9.59 Å². The van der Waals surface area contributed by atoms with Gasteiger partial charge < -0.3 is 10.1 Å². The van der Waals surface area contributed by atoms with Gasteiger partial charge in [-0.3, -0.25) is 9.78 Å². The molecule has 0 saturated carbocycles. The van der Waals surface area contributed by atoms with Crippen LogP contribution in [0.4, 0.5) is 0 Å². The second-order valence-corrected chi connectivity index (χ2v) is 6.71. The highest BCUT2D eigenvalue weighted by atomic mass is 16.5. The summed E-state index contributed by atoms with van der Waals surface area (Å²) in [4.78, 5) is 29.1. The van der Waals surface area contributed by atoms with Crippen molar-refractivity contribution in [2.24, 2.45) is 0 Å². The average Bonchev–Trinajstić information content (AvgIpc) is 2.74. The summed E-state index contributed by atoms with van der Waals surface area (Å²) in [6, 6.07) is 20.5. The van der Waals surface area contributed by atoms with Gasteiger partial charge in [0, 0.05) is 36.8 Å². The molecular formula is C23H20N2O3. The molecule has 1 aromatic heterocycles. The van der Waals surface area contributed by atoms with E-state index in [0.29, 0.717) is 30.5 Å². The molecular weight excluding hydrogens is 352 g/mol. The van der Waals surface area contributed by atoms with E-state index in [1.54, 1.807) is 24.4 Å². The van der Waals surface area contributed by atoms with Gasteiger partial charge in [0.25, 0.3) is 5.91 Å². The molecule has 0 bridgehead atoms. The fourth-order valence-electron chi connectivity index (χ4n) is 3.34. The lowest BCUT2D eigenvalue weighted by molar-refractivity contribution is 0.0252. The number of fused-ring (bicyclic) bond motifs is 1. The monoisotopic (exact) mass is 372 g/mol. The van der Waals surface area contributed by atoms with E-state index in [1.807, 2.05) is 48.5 Å². The first kappa shape index (κ1) is 17.9. The maximum atomic E-state index is 12.5. The number of pyridine rings is 1. The number of nitrogens with zero attached hydrogens (tertiary/aromatic N) is 1. The highest BCUT2D eigenvalue weighted by molar-refractivity contribution is 5.97. The number of benzene rings is 2. The molecule has 0 saturated heterocycles. The van der Waals surface area contributed by atoms with Crippen LogP contribution < -0.4 is 5.32 Å². The van der Waals surface area contributed by atoms with Gasteiger partial charge in [-0.15, -0.1) is 0 Å². The summed E-state index contributed by atoms with van der Waals surface area (Å²) in [5.74, 6) is -0.508. The van der Waals surface area contributed by atoms with Crippen molar-refractivity contribution < 1.29 is 14.3 Å². The van der Waals surface area contributed by atoms with Crippen LogP contribution in [0, 0.1) is 0 Å². The lowest BCUT2D eigenvalue weighted by atomic mass is 9.93. The molecule has 0 aliphatic carbocycles. The Kier molecular flexibility index (Phi) is 5.15. The van der Waals surface area contributed by atoms with Gasteiger partial charge in [-0.2, -0.15) is 0 Å². The molecule has 1 aliphatic rings. The van der Waals surface area contributed by atoms with Gasteiger partial charge >= 0.3 is 5.97 Å². The predicted octanol–water partition coefficient (Wildman–Crippen LogP) is 3.51. The van der Waals surface area contributed by atoms with E-state index in [4.69, 9.17) is 4.74 Å². The lowest BCUT2D eigenvalue weighted by Crippen LogP contribution is -2.27. The fourth-order valence-corrected chi connectivity index (χ4v) is 3.34. The first-order chi connectivity index (χ1) is 13.7. The zero-order valence-electron chi connectivity index (χ0n) is 15.3. The highest BCUT2D eigenvalue weighted by Crippen LogP contribution is 2.31. The van der Waals surface area contributed by atoms with E-state index >= 15 is 0 Å². The summed E-state index contributed by atoms with van der Waals surface area (Å²) in [5.41, 5.74) is 3.79. The summed E-state index contributed by atoms with van der Waals surface area (Å²) in [5, 5.41) is 2.91. The molecule has 5 heteroatoms. The number of cyclic esters (lactones) is 1. The summed E-state index contributed by atoms with van der Waals surface area (Å²) in [7, 11) is 0. The molecule has 0 unspecified atom stereocenters. The van der Waals surface area contributed by atoms with Gasteiger partial charge in [0.1, 0.15) is 6.10 Å². The van der Waals surface area contributed by atoms with E-state index in [0.717, 1.165) is 16.8 Å². The smallest absolute Gasteiger partial charge is 0.339 e. The Bertz CT molecular complexity index is 987. The zero-order valence-corrected chi connectivity index (χ0v) is 15.3. The maximum absolute atomic E-state index is 12.5. The number of aromatic nitrogens is 1. The van der Waals surface area contributed by atoms with Crippen molar-refractivity contribution in [1.29, 1.82) is 0 Å². The number of rotatable bonds is 5. The molecule has 3 aromatic rings. The van der Waals surface area contributed by atoms with Crippen LogP contribution >= 0.6 is 0 Å². The summed E-state index contributed by atoms with van der Waals surface area (Å²) in [6.07, 6.45) is 2.63. The molecule has 1 N–H and O–H groups in total. The average molecular weight is 372 g/mol. The number of hydrogen-bond donors (Lipinski definition) is 1. The summed E-state index contributed by atoms with van der Waals surface area (Å²) < 4.78 is 5.57. The molecule has 28 heavy (non-hydrogen) atoms. The van der Waals surface area contributed by atoms with Gasteiger partial charge in [-0.05, 0) is 41.5 Å². The van der Waals surface area contributed by atoms with Gasteiger partial charge in [0.15, 0.2) is 0 Å². The Morgan fingerprint density at radius 1 is 1.07 bits per heavy atom. The van der Waals surface area contributed by atoms with E-state index < -0.39 is 0 Å². The molecule has 4 rings (SSSR count). The number of carbonyl (C=O) groups excluding carboxylic acids is 2. The van der Waals surface area contributed by atoms with E-state index in [-0.39, 0.29) is 18.0 Å². The van der Waals surface area contributed by atoms with Crippen LogP contribution in [-0.4, -0.2) is 23.4 Å². The van der Waals surface area contributed by atoms with Gasteiger partial charge in [0.05, 0.1) is 5.56 Å². The number of amides is 1. The van der Waals surface area contributed by atoms with E-state index in [1.165, 1.54) is 0 Å². The molecule has 5 nitrogen and oxygen atoms in total. The third-order valence-corrected chi connectivity index (χ3v) is 4.81. The summed E-state index contributed by atoms with van der Waals surface area (Å²) >= 11 is 0. The zero-order chi connectivity index (χ0) is 19.3. The van der Waals surface area contributed by atoms with Crippen molar-refractivity contribution >= 4 is 11.9 Å². The van der Waals surface area contributed by atoms with Crippen LogP contribution in [0.2, 0.25) is 0 Å². The maximum Gasteiger partial charge on any atom is 0.339 e. The summed E-state index contributed by atoms with van der Waals surface area (Å²) in [6.45, 7) is 0.502. The molecule has 1 atom stereocenters. The number of nitrogens with one attached hydrogen (secondary N) is 1. The Morgan fingerprint density at radius 3 is 2.68 bits per heavy atom. The lowest BCUT2D eigenvalue weighted by Gasteiger charge is -2.25. The molecule has 140 valence electrons. The van der Waals surface area contributed by atoms with Gasteiger partial charge in [-0.1, -0.05) is 36.4 Å². The predicted molar refractivity (Wildman–Crippen MR) is 105 cm³/mol. The SMILES string of the molecule is O=C(NCCc1ccccn1)c1ccc2c(c1)C[C@@H](c1ccccc1)OC2=O. The fraction of sp³-hybridized carbons (Fsp3) is 0.174. The van der Waals surface area contributed by atoms with Gasteiger partial charge in [-0.25, -0.2) is 4.79 Å². The molecule has 2 heterocycles. The number of ether oxygens (including phenoxy) is 1. The standard InChI is InChI=1S/C23H20N2O3/c26-22(25-13-11-19-8-4-5-12-24-19)17-9-10-20-18(14-17)15-21(28-23(20)27)16-6-2-1-3-7-16/h1-10,12,14,21H,11,13,15H2,(H,25,26)/t21-/m0/s1. The first-order valence-electron chi connectivity index (χ1n) is 9.27. The molecule has 1 amide bonds. The third kappa shape index (κ3) is 3.93. The minimum Gasteiger partial charge on any atom is -0.454 e. The minimum absolute atomic E-state index is 0.158. The normalized spacial score (nSPS) is 15.4. The van der Waals surface area contributed by atoms with Crippen LogP contribution in [0.15, 0.2) is 72.9 Å². The Hall–Kier alpha value is -3.47. The number of hydrogen-bond acceptors (Lipinski definition) is 4. The van der Waals surface area contributed by atoms with Crippen LogP contribution in [0.25, 0.3) is 0 Å². The van der Waals surface area contributed by atoms with E-state index in [2.05, 4.69) is 10.3 Å². The highest BCUT2D eigenvalue weighted by Gasteiger charge is 2.28. The van der Waals surface area contributed by atoms with Gasteiger partial charge in [0.2, 0.25) is 0 Å². The second kappa shape index (κ2) is 8.05. The number of carbonyl (C=O) groups is 2. The number of esters is 1. The first-order valence-corrected chi connectivity index (χ1v) is 9.27. The molecule has 0 spiro atoms. The van der Waals surface area contributed by atoms with Crippen molar-refractivity contribution in [3.8, 4) is 0 Å². The molecule has 0 fully saturated rings. The van der Waals surface area contributed by atoms with Crippen molar-refractivity contribution in [3.63, 3.8) is 0 Å². The van der Waals surface area contributed by atoms with Crippen LogP contribution in [0.3, 0.4) is 0 Å². The van der Waals surface area contributed by atoms with Crippen molar-refractivity contribution in [2.75, 3.05) is 6.54 Å². The quantitative estimate of drug-likeness (QED) is 0.696. The topological polar surface area (TPSA) is 68.3 Å². The van der Waals surface area contributed by atoms with Crippen molar-refractivity contribution in [1.82, 2.24) is 10.3 Å².